The summed E-state index contributed by atoms with van der Waals surface area (Å²) in [6, 6.07) is 0. The molecule has 2 bridgehead atoms. The molecule has 3 aliphatic rings. The monoisotopic (exact) mass is 232 g/mol. The van der Waals surface area contributed by atoms with Crippen molar-refractivity contribution in [2.45, 2.75) is 59.8 Å². The van der Waals surface area contributed by atoms with Gasteiger partial charge in [-0.1, -0.05) is 32.3 Å². The lowest BCUT2D eigenvalue weighted by Gasteiger charge is -2.47. The van der Waals surface area contributed by atoms with Crippen LogP contribution in [-0.2, 0) is 4.79 Å². The molecule has 0 aromatic carbocycles. The van der Waals surface area contributed by atoms with Gasteiger partial charge in [-0.2, -0.15) is 0 Å². The van der Waals surface area contributed by atoms with Crippen molar-refractivity contribution in [2.75, 3.05) is 0 Å². The van der Waals surface area contributed by atoms with Crippen LogP contribution in [0, 0.1) is 22.7 Å². The van der Waals surface area contributed by atoms with E-state index in [0.29, 0.717) is 17.6 Å². The third-order valence-electron chi connectivity index (χ3n) is 6.45. The van der Waals surface area contributed by atoms with E-state index in [9.17, 15) is 4.79 Å². The predicted octanol–water partition coefficient (Wildman–Crippen LogP) is 4.13. The number of allylic oxidation sites excluding steroid dienone is 2. The molecule has 4 atom stereocenters. The van der Waals surface area contributed by atoms with E-state index in [-0.39, 0.29) is 10.8 Å². The molecule has 0 amide bonds. The molecular formula is C16H24O. The number of carbonyl (C=O) groups is 1. The summed E-state index contributed by atoms with van der Waals surface area (Å²) in [6.07, 6.45) is 6.14. The maximum Gasteiger partial charge on any atom is 0.165 e. The number of Topliss-reactive ketones (excluding diaryl/α,β-unsaturated/α-hetero) is 1. The highest BCUT2D eigenvalue weighted by Gasteiger charge is 2.70. The molecule has 1 nitrogen and oxygen atoms in total. The summed E-state index contributed by atoms with van der Waals surface area (Å²) in [7, 11) is 0. The highest BCUT2D eigenvalue weighted by atomic mass is 16.1. The number of ketones is 1. The molecule has 94 valence electrons. The first-order valence-corrected chi connectivity index (χ1v) is 7.17. The topological polar surface area (TPSA) is 17.1 Å². The maximum atomic E-state index is 12.9. The molecule has 0 N–H and O–H groups in total. The van der Waals surface area contributed by atoms with Crippen LogP contribution >= 0.6 is 0 Å². The number of hydrogen-bond donors (Lipinski definition) is 0. The zero-order valence-corrected chi connectivity index (χ0v) is 11.6. The van der Waals surface area contributed by atoms with Crippen molar-refractivity contribution in [2.24, 2.45) is 22.7 Å². The van der Waals surface area contributed by atoms with Crippen molar-refractivity contribution in [1.29, 1.82) is 0 Å². The fourth-order valence-corrected chi connectivity index (χ4v) is 5.42. The van der Waals surface area contributed by atoms with Gasteiger partial charge in [0.1, 0.15) is 0 Å². The van der Waals surface area contributed by atoms with Crippen LogP contribution in [-0.4, -0.2) is 5.78 Å². The summed E-state index contributed by atoms with van der Waals surface area (Å²) in [5, 5.41) is 0. The highest BCUT2D eigenvalue weighted by molar-refractivity contribution is 6.05. The first kappa shape index (κ1) is 11.5. The van der Waals surface area contributed by atoms with E-state index in [2.05, 4.69) is 27.7 Å². The second-order valence-corrected chi connectivity index (χ2v) is 6.99. The molecule has 3 fully saturated rings. The van der Waals surface area contributed by atoms with Crippen molar-refractivity contribution < 1.29 is 4.79 Å². The van der Waals surface area contributed by atoms with E-state index >= 15 is 0 Å². The third-order valence-corrected chi connectivity index (χ3v) is 6.45. The maximum absolute atomic E-state index is 12.9. The minimum absolute atomic E-state index is 0.0297. The Morgan fingerprint density at radius 2 is 1.94 bits per heavy atom. The molecular weight excluding hydrogens is 208 g/mol. The molecule has 3 aliphatic carbocycles. The average Bonchev–Trinajstić information content (AvgIpc) is 2.65. The number of hydrogen-bond acceptors (Lipinski definition) is 1. The largest absolute Gasteiger partial charge is 0.294 e. The second kappa shape index (κ2) is 3.24. The van der Waals surface area contributed by atoms with E-state index in [1.165, 1.54) is 30.4 Å². The van der Waals surface area contributed by atoms with E-state index < -0.39 is 0 Å². The van der Waals surface area contributed by atoms with Gasteiger partial charge < -0.3 is 0 Å². The molecule has 0 aromatic rings. The molecule has 0 aromatic heterocycles. The summed E-state index contributed by atoms with van der Waals surface area (Å²) in [6.45, 7) is 9.06. The Balaban J connectivity index is 2.21. The summed E-state index contributed by atoms with van der Waals surface area (Å²) in [4.78, 5) is 12.9. The minimum atomic E-state index is 0.0297. The summed E-state index contributed by atoms with van der Waals surface area (Å²) >= 11 is 0. The molecule has 3 rings (SSSR count). The molecule has 0 aliphatic heterocycles. The van der Waals surface area contributed by atoms with Crippen LogP contribution in [0.15, 0.2) is 11.1 Å². The van der Waals surface area contributed by atoms with Gasteiger partial charge in [-0.05, 0) is 55.9 Å². The number of rotatable bonds is 0. The van der Waals surface area contributed by atoms with Gasteiger partial charge in [0.05, 0.1) is 0 Å². The highest BCUT2D eigenvalue weighted by Crippen LogP contribution is 2.73. The lowest BCUT2D eigenvalue weighted by atomic mass is 9.55. The zero-order chi connectivity index (χ0) is 12.4. The average molecular weight is 232 g/mol. The van der Waals surface area contributed by atoms with E-state index in [1.807, 2.05) is 0 Å². The van der Waals surface area contributed by atoms with Crippen molar-refractivity contribution in [3.63, 3.8) is 0 Å². The van der Waals surface area contributed by atoms with Crippen LogP contribution < -0.4 is 0 Å². The van der Waals surface area contributed by atoms with Gasteiger partial charge >= 0.3 is 0 Å². The van der Waals surface area contributed by atoms with Gasteiger partial charge in [0.25, 0.3) is 0 Å². The SMILES string of the molecule is CC(C)=C1C(=O)[C@]23CCC[C@H](C)[C@@]2(C)[C@@H]1CC3. The van der Waals surface area contributed by atoms with E-state index in [0.717, 1.165) is 12.8 Å². The minimum Gasteiger partial charge on any atom is -0.294 e. The van der Waals surface area contributed by atoms with Crippen LogP contribution in [0.2, 0.25) is 0 Å². The molecule has 17 heavy (non-hydrogen) atoms. The van der Waals surface area contributed by atoms with Crippen LogP contribution in [0.3, 0.4) is 0 Å². The van der Waals surface area contributed by atoms with Crippen molar-refractivity contribution >= 4 is 5.78 Å². The van der Waals surface area contributed by atoms with Gasteiger partial charge in [-0.25, -0.2) is 0 Å². The number of carbonyl (C=O) groups excluding carboxylic acids is 1. The van der Waals surface area contributed by atoms with Crippen molar-refractivity contribution in [1.82, 2.24) is 0 Å². The fourth-order valence-electron chi connectivity index (χ4n) is 5.42. The van der Waals surface area contributed by atoms with Crippen LogP contribution in [0.5, 0.6) is 0 Å². The fraction of sp³-hybridized carbons (Fsp3) is 0.812. The van der Waals surface area contributed by atoms with Gasteiger partial charge in [-0.15, -0.1) is 0 Å². The standard InChI is InChI=1S/C16H24O/c1-10(2)13-12-7-9-16(14(13)17)8-5-6-11(3)15(12,16)4/h11-12H,5-9H2,1-4H3/t11-,12+,15-,16+/m0/s1. The molecule has 0 saturated heterocycles. The molecule has 3 saturated carbocycles. The van der Waals surface area contributed by atoms with E-state index in [4.69, 9.17) is 0 Å². The Morgan fingerprint density at radius 1 is 1.24 bits per heavy atom. The predicted molar refractivity (Wildman–Crippen MR) is 69.7 cm³/mol. The quantitative estimate of drug-likeness (QED) is 0.574. The Labute approximate surface area is 105 Å². The summed E-state index contributed by atoms with van der Waals surface area (Å²) in [5.41, 5.74) is 2.80. The van der Waals surface area contributed by atoms with Crippen LogP contribution in [0.25, 0.3) is 0 Å². The Kier molecular flexibility index (Phi) is 2.19. The summed E-state index contributed by atoms with van der Waals surface area (Å²) < 4.78 is 0. The van der Waals surface area contributed by atoms with E-state index in [1.54, 1.807) is 0 Å². The molecule has 0 spiro atoms. The third kappa shape index (κ3) is 1.05. The molecule has 1 heteroatoms. The first-order chi connectivity index (χ1) is 7.95. The van der Waals surface area contributed by atoms with Gasteiger partial charge in [0.15, 0.2) is 5.78 Å². The molecule has 0 radical (unpaired) electrons. The lowest BCUT2D eigenvalue weighted by molar-refractivity contribution is -0.132. The Bertz CT molecular complexity index is 415. The zero-order valence-electron chi connectivity index (χ0n) is 11.6. The van der Waals surface area contributed by atoms with Gasteiger partial charge in [-0.3, -0.25) is 4.79 Å². The van der Waals surface area contributed by atoms with Crippen LogP contribution in [0.1, 0.15) is 59.8 Å². The molecule has 0 unspecified atom stereocenters. The van der Waals surface area contributed by atoms with Crippen molar-refractivity contribution in [3.8, 4) is 0 Å². The lowest BCUT2D eigenvalue weighted by Crippen LogP contribution is -2.45. The smallest absolute Gasteiger partial charge is 0.165 e. The normalized spacial score (nSPS) is 48.5. The van der Waals surface area contributed by atoms with Crippen molar-refractivity contribution in [3.05, 3.63) is 11.1 Å². The second-order valence-electron chi connectivity index (χ2n) is 6.99. The molecule has 0 heterocycles. The first-order valence-electron chi connectivity index (χ1n) is 7.17. The van der Waals surface area contributed by atoms with Gasteiger partial charge in [0.2, 0.25) is 0 Å². The van der Waals surface area contributed by atoms with Crippen LogP contribution in [0.4, 0.5) is 0 Å². The van der Waals surface area contributed by atoms with Gasteiger partial charge in [0, 0.05) is 5.41 Å². The Hall–Kier alpha value is -0.590. The Morgan fingerprint density at radius 3 is 2.53 bits per heavy atom. The summed E-state index contributed by atoms with van der Waals surface area (Å²) in [5.74, 6) is 1.81.